The third kappa shape index (κ3) is 1.45. The first-order valence-corrected chi connectivity index (χ1v) is 4.69. The number of rotatable bonds is 1. The van der Waals surface area contributed by atoms with Crippen LogP contribution < -0.4 is 4.74 Å². The van der Waals surface area contributed by atoms with E-state index in [2.05, 4.69) is 11.2 Å². The summed E-state index contributed by atoms with van der Waals surface area (Å²) >= 11 is 0. The SMILES string of the molecule is COc1cccc2c1CCC(=NO)C2. The highest BCUT2D eigenvalue weighted by Gasteiger charge is 2.17. The van der Waals surface area contributed by atoms with E-state index in [1.807, 2.05) is 12.1 Å². The van der Waals surface area contributed by atoms with Gasteiger partial charge >= 0.3 is 0 Å². The molecule has 0 radical (unpaired) electrons. The molecule has 14 heavy (non-hydrogen) atoms. The van der Waals surface area contributed by atoms with Crippen molar-refractivity contribution in [1.82, 2.24) is 0 Å². The molecule has 0 spiro atoms. The van der Waals surface area contributed by atoms with Gasteiger partial charge in [-0.1, -0.05) is 17.3 Å². The molecule has 1 aromatic carbocycles. The van der Waals surface area contributed by atoms with Crippen LogP contribution in [0.2, 0.25) is 0 Å². The Morgan fingerprint density at radius 2 is 2.21 bits per heavy atom. The molecule has 0 bridgehead atoms. The van der Waals surface area contributed by atoms with Crippen molar-refractivity contribution < 1.29 is 9.94 Å². The summed E-state index contributed by atoms with van der Waals surface area (Å²) in [5.41, 5.74) is 3.32. The number of methoxy groups -OCH3 is 1. The fraction of sp³-hybridized carbons (Fsp3) is 0.364. The van der Waals surface area contributed by atoms with Gasteiger partial charge in [-0.05, 0) is 30.0 Å². The molecule has 0 amide bonds. The Hall–Kier alpha value is -1.51. The van der Waals surface area contributed by atoms with E-state index in [9.17, 15) is 0 Å². The van der Waals surface area contributed by atoms with Crippen LogP contribution in [0.3, 0.4) is 0 Å². The van der Waals surface area contributed by atoms with Gasteiger partial charge in [-0.3, -0.25) is 0 Å². The van der Waals surface area contributed by atoms with Crippen LogP contribution >= 0.6 is 0 Å². The Morgan fingerprint density at radius 1 is 1.36 bits per heavy atom. The molecule has 0 aromatic heterocycles. The van der Waals surface area contributed by atoms with Crippen LogP contribution in [0.1, 0.15) is 17.5 Å². The minimum absolute atomic E-state index is 0.739. The molecule has 3 nitrogen and oxygen atoms in total. The van der Waals surface area contributed by atoms with Crippen molar-refractivity contribution in [2.45, 2.75) is 19.3 Å². The predicted octanol–water partition coefficient (Wildman–Crippen LogP) is 2.01. The monoisotopic (exact) mass is 191 g/mol. The zero-order valence-corrected chi connectivity index (χ0v) is 8.16. The van der Waals surface area contributed by atoms with Gasteiger partial charge in [-0.25, -0.2) is 0 Å². The van der Waals surface area contributed by atoms with Crippen molar-refractivity contribution in [2.75, 3.05) is 7.11 Å². The second-order valence-corrected chi connectivity index (χ2v) is 3.44. The number of fused-ring (bicyclic) bond motifs is 1. The zero-order valence-electron chi connectivity index (χ0n) is 8.16. The van der Waals surface area contributed by atoms with E-state index in [4.69, 9.17) is 9.94 Å². The molecule has 1 N–H and O–H groups in total. The van der Waals surface area contributed by atoms with E-state index in [-0.39, 0.29) is 0 Å². The average molecular weight is 191 g/mol. The van der Waals surface area contributed by atoms with Crippen molar-refractivity contribution in [3.8, 4) is 5.75 Å². The highest BCUT2D eigenvalue weighted by Crippen LogP contribution is 2.28. The van der Waals surface area contributed by atoms with Crippen LogP contribution in [-0.4, -0.2) is 18.0 Å². The van der Waals surface area contributed by atoms with E-state index in [0.29, 0.717) is 0 Å². The molecule has 74 valence electrons. The lowest BCUT2D eigenvalue weighted by Crippen LogP contribution is -2.14. The molecule has 0 fully saturated rings. The van der Waals surface area contributed by atoms with Crippen molar-refractivity contribution in [3.05, 3.63) is 29.3 Å². The largest absolute Gasteiger partial charge is 0.496 e. The van der Waals surface area contributed by atoms with Crippen LogP contribution in [0.25, 0.3) is 0 Å². The molecule has 0 saturated heterocycles. The first kappa shape index (κ1) is 9.06. The minimum atomic E-state index is 0.739. The first-order chi connectivity index (χ1) is 6.85. The summed E-state index contributed by atoms with van der Waals surface area (Å²) in [5, 5.41) is 12.0. The molecule has 0 heterocycles. The maximum atomic E-state index is 8.70. The van der Waals surface area contributed by atoms with Gasteiger partial charge < -0.3 is 9.94 Å². The molecular weight excluding hydrogens is 178 g/mol. The van der Waals surface area contributed by atoms with Crippen LogP contribution in [0.15, 0.2) is 23.4 Å². The van der Waals surface area contributed by atoms with Crippen molar-refractivity contribution in [1.29, 1.82) is 0 Å². The fourth-order valence-corrected chi connectivity index (χ4v) is 1.91. The van der Waals surface area contributed by atoms with E-state index < -0.39 is 0 Å². The van der Waals surface area contributed by atoms with Crippen LogP contribution in [0.5, 0.6) is 5.75 Å². The van der Waals surface area contributed by atoms with Gasteiger partial charge in [0.1, 0.15) is 5.75 Å². The Morgan fingerprint density at radius 3 is 2.93 bits per heavy atom. The first-order valence-electron chi connectivity index (χ1n) is 4.69. The summed E-state index contributed by atoms with van der Waals surface area (Å²) in [5.74, 6) is 0.944. The summed E-state index contributed by atoms with van der Waals surface area (Å²) in [6, 6.07) is 6.00. The molecule has 0 unspecified atom stereocenters. The fourth-order valence-electron chi connectivity index (χ4n) is 1.91. The van der Waals surface area contributed by atoms with Gasteiger partial charge in [0.05, 0.1) is 12.8 Å². The van der Waals surface area contributed by atoms with Gasteiger partial charge in [0.25, 0.3) is 0 Å². The molecule has 0 aliphatic heterocycles. The lowest BCUT2D eigenvalue weighted by atomic mass is 9.90. The summed E-state index contributed by atoms with van der Waals surface area (Å²) < 4.78 is 5.28. The van der Waals surface area contributed by atoms with Crippen LogP contribution in [-0.2, 0) is 12.8 Å². The maximum absolute atomic E-state index is 8.70. The molecule has 2 rings (SSSR count). The Balaban J connectivity index is 2.40. The highest BCUT2D eigenvalue weighted by molar-refractivity contribution is 5.88. The third-order valence-corrected chi connectivity index (χ3v) is 2.65. The smallest absolute Gasteiger partial charge is 0.122 e. The number of hydrogen-bond acceptors (Lipinski definition) is 3. The summed E-state index contributed by atoms with van der Waals surface area (Å²) in [7, 11) is 1.69. The van der Waals surface area contributed by atoms with Crippen molar-refractivity contribution in [3.63, 3.8) is 0 Å². The van der Waals surface area contributed by atoms with Gasteiger partial charge in [0.2, 0.25) is 0 Å². The zero-order chi connectivity index (χ0) is 9.97. The Bertz CT molecular complexity index is 372. The number of nitrogens with zero attached hydrogens (tertiary/aromatic N) is 1. The minimum Gasteiger partial charge on any atom is -0.496 e. The van der Waals surface area contributed by atoms with Gasteiger partial charge in [-0.2, -0.15) is 0 Å². The predicted molar refractivity (Wildman–Crippen MR) is 54.2 cm³/mol. The molecule has 1 aliphatic carbocycles. The van der Waals surface area contributed by atoms with Gasteiger partial charge in [0, 0.05) is 6.42 Å². The summed E-state index contributed by atoms with van der Waals surface area (Å²) in [6.07, 6.45) is 2.46. The molecule has 1 aromatic rings. The average Bonchev–Trinajstić information content (AvgIpc) is 2.27. The number of benzene rings is 1. The van der Waals surface area contributed by atoms with E-state index in [0.717, 1.165) is 30.7 Å². The Kier molecular flexibility index (Phi) is 2.39. The Labute approximate surface area is 83.0 Å². The quantitative estimate of drug-likeness (QED) is 0.545. The standard InChI is InChI=1S/C11H13NO2/c1-14-11-4-2-3-8-7-9(12-13)5-6-10(8)11/h2-4,13H,5-7H2,1H3. The number of ether oxygens (including phenoxy) is 1. The number of oxime groups is 1. The van der Waals surface area contributed by atoms with Gasteiger partial charge in [0.15, 0.2) is 0 Å². The van der Waals surface area contributed by atoms with Gasteiger partial charge in [-0.15, -0.1) is 0 Å². The summed E-state index contributed by atoms with van der Waals surface area (Å²) in [4.78, 5) is 0. The molecule has 1 aliphatic rings. The van der Waals surface area contributed by atoms with Crippen molar-refractivity contribution >= 4 is 5.71 Å². The lowest BCUT2D eigenvalue weighted by Gasteiger charge is -2.18. The molecule has 0 atom stereocenters. The maximum Gasteiger partial charge on any atom is 0.122 e. The molecular formula is C11H13NO2. The van der Waals surface area contributed by atoms with E-state index in [1.165, 1.54) is 11.1 Å². The highest BCUT2D eigenvalue weighted by atomic mass is 16.5. The summed E-state index contributed by atoms with van der Waals surface area (Å²) in [6.45, 7) is 0. The second kappa shape index (κ2) is 3.70. The topological polar surface area (TPSA) is 41.8 Å². The van der Waals surface area contributed by atoms with Crippen LogP contribution in [0, 0.1) is 0 Å². The molecule has 3 heteroatoms. The lowest BCUT2D eigenvalue weighted by molar-refractivity contribution is 0.316. The number of hydrogen-bond donors (Lipinski definition) is 1. The molecule has 0 saturated carbocycles. The van der Waals surface area contributed by atoms with Crippen molar-refractivity contribution in [2.24, 2.45) is 5.16 Å². The third-order valence-electron chi connectivity index (χ3n) is 2.65. The second-order valence-electron chi connectivity index (χ2n) is 3.44. The van der Waals surface area contributed by atoms with E-state index in [1.54, 1.807) is 7.11 Å². The normalized spacial score (nSPS) is 17.9. The van der Waals surface area contributed by atoms with E-state index >= 15 is 0 Å². The van der Waals surface area contributed by atoms with Crippen LogP contribution in [0.4, 0.5) is 0 Å².